The molecule has 3 nitrogen and oxygen atoms in total. The van der Waals surface area contributed by atoms with Gasteiger partial charge in [-0.3, -0.25) is 0 Å². The third-order valence-corrected chi connectivity index (χ3v) is 0. The summed E-state index contributed by atoms with van der Waals surface area (Å²) in [6.07, 6.45) is 4.08. The fourth-order valence-corrected chi connectivity index (χ4v) is 0. The van der Waals surface area contributed by atoms with Crippen LogP contribution in [0, 0.1) is 0 Å². The quantitative estimate of drug-likeness (QED) is 0.691. The number of hydrogen-bond acceptors (Lipinski definition) is 5. The zero-order valence-corrected chi connectivity index (χ0v) is 14.8. The van der Waals surface area contributed by atoms with Gasteiger partial charge in [-0.15, -0.1) is 0 Å². The zero-order valence-electron chi connectivity index (χ0n) is 13.1. The highest BCUT2D eigenvalue weighted by Crippen LogP contribution is 1.70. The van der Waals surface area contributed by atoms with Gasteiger partial charge in [-0.1, -0.05) is 19.6 Å². The minimum Gasteiger partial charge on any atom is -0.388 e. The third-order valence-electron chi connectivity index (χ3n) is 0. The fourth-order valence-electron chi connectivity index (χ4n) is 0. The number of Topliss-reactive ketones (excluding diaryl/α,β-unsaturated/α-hetero) is 1. The largest absolute Gasteiger partial charge is 0.388 e. The maximum absolute atomic E-state index is 9.44. The Balaban J connectivity index is -0.0000000249. The normalized spacial score (nSPS) is 5.89. The summed E-state index contributed by atoms with van der Waals surface area (Å²) in [6, 6.07) is 0. The second-order valence-electron chi connectivity index (χ2n) is 3.13. The van der Waals surface area contributed by atoms with Gasteiger partial charge in [-0.2, -0.15) is 11.8 Å². The second kappa shape index (κ2) is 53.7. The van der Waals surface area contributed by atoms with Crippen LogP contribution in [0.1, 0.15) is 35.1 Å². The molecule has 0 amide bonds. The van der Waals surface area contributed by atoms with E-state index in [-0.39, 0.29) is 13.2 Å². The van der Waals surface area contributed by atoms with Gasteiger partial charge in [-0.05, 0) is 59.2 Å². The summed E-state index contributed by atoms with van der Waals surface area (Å²) in [5, 5.41) is 2.75. The Morgan fingerprint density at radius 1 is 1.06 bits per heavy atom. The molecule has 18 heavy (non-hydrogen) atoms. The molecule has 0 spiro atoms. The van der Waals surface area contributed by atoms with E-state index in [4.69, 9.17) is 0 Å². The van der Waals surface area contributed by atoms with Crippen molar-refractivity contribution in [3.8, 4) is 0 Å². The summed E-state index contributed by atoms with van der Waals surface area (Å²) in [4.78, 5) is 10.4. The monoisotopic (exact) mass is 301 g/mol. The van der Waals surface area contributed by atoms with Gasteiger partial charge >= 0.3 is 0 Å². The number of rotatable bonds is 0. The van der Waals surface area contributed by atoms with Crippen LogP contribution in [0.25, 0.3) is 0 Å². The lowest BCUT2D eigenvalue weighted by atomic mass is 10.6. The minimum absolute atomic E-state index is 0. The van der Waals surface area contributed by atoms with Crippen LogP contribution in [-0.2, 0) is 9.53 Å². The maximum Gasteiger partial charge on any atom is 0.126 e. The van der Waals surface area contributed by atoms with E-state index in [2.05, 4.69) is 22.3 Å². The van der Waals surface area contributed by atoms with Crippen LogP contribution in [0.5, 0.6) is 0 Å². The van der Waals surface area contributed by atoms with Gasteiger partial charge in [-0.25, -0.2) is 0 Å². The maximum atomic E-state index is 9.44. The van der Waals surface area contributed by atoms with Gasteiger partial charge in [0.2, 0.25) is 0 Å². The van der Waals surface area contributed by atoms with Crippen LogP contribution >= 0.6 is 24.0 Å². The molecule has 0 aromatic carbocycles. The van der Waals surface area contributed by atoms with E-state index in [0.29, 0.717) is 0 Å². The van der Waals surface area contributed by atoms with Crippen molar-refractivity contribution in [3.63, 3.8) is 0 Å². The van der Waals surface area contributed by atoms with Crippen molar-refractivity contribution < 1.29 is 9.53 Å². The van der Waals surface area contributed by atoms with Gasteiger partial charge in [0, 0.05) is 14.2 Å². The molecule has 0 aliphatic heterocycles. The third kappa shape index (κ3) is 4020000. The lowest BCUT2D eigenvalue weighted by molar-refractivity contribution is -0.114. The molecule has 0 saturated carbocycles. The lowest BCUT2D eigenvalue weighted by Crippen LogP contribution is -1.89. The summed E-state index contributed by atoms with van der Waals surface area (Å²) in [5.74, 6) is 0.167. The molecule has 1 N–H and O–H groups in total. The first-order chi connectivity index (χ1) is 7.71. The molecule has 0 unspecified atom stereocenters. The van der Waals surface area contributed by atoms with E-state index in [1.165, 1.54) is 13.8 Å². The topological polar surface area (TPSA) is 38.3 Å². The van der Waals surface area contributed by atoms with Crippen LogP contribution in [0.4, 0.5) is 0 Å². The molecule has 0 rings (SSSR count). The minimum atomic E-state index is 0. The van der Waals surface area contributed by atoms with Crippen LogP contribution in [-0.4, -0.2) is 51.5 Å². The molecule has 0 aliphatic rings. The molecule has 0 heterocycles. The van der Waals surface area contributed by atoms with Gasteiger partial charge in [0.25, 0.3) is 0 Å². The molecule has 0 fully saturated rings. The predicted molar refractivity (Wildman–Crippen MR) is 94.4 cm³/mol. The predicted octanol–water partition coefficient (Wildman–Crippen LogP) is 3.70. The van der Waals surface area contributed by atoms with Crippen molar-refractivity contribution in [1.82, 2.24) is 5.32 Å². The number of carbonyl (C=O) groups is 1. The second-order valence-corrected chi connectivity index (χ2v) is 4.77. The number of carbonyl (C=O) groups excluding carboxylic acids is 1. The number of ether oxygens (including phenoxy) is 1. The van der Waals surface area contributed by atoms with Crippen molar-refractivity contribution in [2.75, 3.05) is 40.8 Å². The first-order valence-corrected chi connectivity index (χ1v) is 7.08. The summed E-state index contributed by atoms with van der Waals surface area (Å²) < 4.78 is 4.25. The Bertz CT molecular complexity index is 107. The van der Waals surface area contributed by atoms with Crippen LogP contribution < -0.4 is 5.32 Å². The van der Waals surface area contributed by atoms with E-state index in [0.717, 1.165) is 4.86 Å². The van der Waals surface area contributed by atoms with Crippen molar-refractivity contribution in [2.24, 2.45) is 0 Å². The molecule has 0 aromatic rings. The molecule has 0 saturated heterocycles. The smallest absolute Gasteiger partial charge is 0.126 e. The Morgan fingerprint density at radius 3 is 1.06 bits per heavy atom. The van der Waals surface area contributed by atoms with Crippen molar-refractivity contribution in [2.45, 2.75) is 35.1 Å². The van der Waals surface area contributed by atoms with Gasteiger partial charge < -0.3 is 14.8 Å². The van der Waals surface area contributed by atoms with Crippen molar-refractivity contribution in [1.29, 1.82) is 0 Å². The average Bonchev–Trinajstić information content (AvgIpc) is 2.03. The first kappa shape index (κ1) is 36.1. The number of thiocarbonyl (C=S) groups is 1. The van der Waals surface area contributed by atoms with E-state index in [1.807, 2.05) is 40.5 Å². The van der Waals surface area contributed by atoms with E-state index in [9.17, 15) is 4.79 Å². The average molecular weight is 302 g/mol. The zero-order chi connectivity index (χ0) is 15.3. The summed E-state index contributed by atoms with van der Waals surface area (Å²) >= 11 is 6.29. The number of ketones is 1. The van der Waals surface area contributed by atoms with Crippen molar-refractivity contribution in [3.05, 3.63) is 0 Å². The highest BCUT2D eigenvalue weighted by atomic mass is 32.2. The Labute approximate surface area is 125 Å². The summed E-state index contributed by atoms with van der Waals surface area (Å²) in [7, 11) is 7.00. The molecule has 0 atom stereocenters. The SMILES string of the molecule is C.CC(C)=O.CC(C)=S.CNC.COC.CSC. The highest BCUT2D eigenvalue weighted by Gasteiger charge is 1.62. The molecule has 5 heteroatoms. The Kier molecular flexibility index (Phi) is 108. The Hall–Kier alpha value is 0.0300. The number of thioether (sulfide) groups is 1. The molecule has 0 bridgehead atoms. The molecule has 116 valence electrons. The molecule has 0 radical (unpaired) electrons. The number of methoxy groups -OCH3 is 1. The molecule has 0 aromatic heterocycles. The van der Waals surface area contributed by atoms with Crippen LogP contribution in [0.15, 0.2) is 0 Å². The molecule has 0 aliphatic carbocycles. The van der Waals surface area contributed by atoms with Crippen LogP contribution in [0.2, 0.25) is 0 Å². The van der Waals surface area contributed by atoms with Crippen molar-refractivity contribution >= 4 is 34.6 Å². The summed E-state index contributed by atoms with van der Waals surface area (Å²) in [6.45, 7) is 6.85. The first-order valence-electron chi connectivity index (χ1n) is 5.04. The van der Waals surface area contributed by atoms with E-state index < -0.39 is 0 Å². The van der Waals surface area contributed by atoms with Gasteiger partial charge in [0.1, 0.15) is 5.78 Å². The van der Waals surface area contributed by atoms with Gasteiger partial charge in [0.05, 0.1) is 0 Å². The fraction of sp³-hybridized carbons (Fsp3) is 0.846. The van der Waals surface area contributed by atoms with E-state index >= 15 is 0 Å². The van der Waals surface area contributed by atoms with Crippen LogP contribution in [0.3, 0.4) is 0 Å². The van der Waals surface area contributed by atoms with Gasteiger partial charge in [0.15, 0.2) is 0 Å². The number of hydrogen-bond donors (Lipinski definition) is 1. The standard InChI is InChI=1S/C3H6O.C3H6S.C2H7N.C2H6O.C2H6S.CH4/c2*1-3(2)4;3*1-3-2;/h2*1-2H3;3H,1-2H3;2*1-2H3;1H4. The Morgan fingerprint density at radius 2 is 1.06 bits per heavy atom. The lowest BCUT2D eigenvalue weighted by Gasteiger charge is -1.61. The molecular formula is C13H35NO2S2. The highest BCUT2D eigenvalue weighted by molar-refractivity contribution is 7.97. The summed E-state index contributed by atoms with van der Waals surface area (Å²) in [5.41, 5.74) is 0. The number of nitrogens with one attached hydrogen (secondary N) is 1. The van der Waals surface area contributed by atoms with E-state index in [1.54, 1.807) is 26.0 Å². The molecular weight excluding hydrogens is 266 g/mol.